The first-order valence-electron chi connectivity index (χ1n) is 6.78. The molecule has 0 aromatic heterocycles. The second-order valence-corrected chi connectivity index (χ2v) is 5.81. The number of thioether (sulfide) groups is 1. The first kappa shape index (κ1) is 13.2. The minimum atomic E-state index is 0.0546. The van der Waals surface area contributed by atoms with Gasteiger partial charge in [0.05, 0.1) is 6.54 Å². The molecule has 102 valence electrons. The van der Waals surface area contributed by atoms with Gasteiger partial charge in [-0.25, -0.2) is 0 Å². The van der Waals surface area contributed by atoms with E-state index < -0.39 is 0 Å². The molecule has 0 spiro atoms. The van der Waals surface area contributed by atoms with Gasteiger partial charge < -0.3 is 0 Å². The van der Waals surface area contributed by atoms with Crippen molar-refractivity contribution >= 4 is 33.6 Å². The molecule has 4 heteroatoms. The van der Waals surface area contributed by atoms with Gasteiger partial charge in [0.25, 0.3) is 5.91 Å². The fraction of sp³-hybridized carbons (Fsp3) is 0.250. The van der Waals surface area contributed by atoms with Crippen LogP contribution in [0.1, 0.15) is 17.3 Å². The number of amides is 1. The predicted molar refractivity (Wildman–Crippen MR) is 85.4 cm³/mol. The van der Waals surface area contributed by atoms with Crippen LogP contribution in [0, 0.1) is 0 Å². The molecule has 2 aromatic rings. The Bertz CT molecular complexity index is 676. The molecular weight excluding hydrogens is 268 g/mol. The highest BCUT2D eigenvalue weighted by molar-refractivity contribution is 8.13. The third kappa shape index (κ3) is 2.31. The zero-order valence-corrected chi connectivity index (χ0v) is 12.2. The second kappa shape index (κ2) is 5.67. The van der Waals surface area contributed by atoms with E-state index in [-0.39, 0.29) is 5.91 Å². The van der Waals surface area contributed by atoms with E-state index in [1.54, 1.807) is 16.7 Å². The van der Waals surface area contributed by atoms with Crippen molar-refractivity contribution in [1.29, 1.82) is 0 Å². The largest absolute Gasteiger partial charge is 0.286 e. The fourth-order valence-corrected chi connectivity index (χ4v) is 3.20. The van der Waals surface area contributed by atoms with E-state index in [9.17, 15) is 4.79 Å². The summed E-state index contributed by atoms with van der Waals surface area (Å²) in [5.74, 6) is 0.983. The fourth-order valence-electron chi connectivity index (χ4n) is 2.43. The number of fused-ring (bicyclic) bond motifs is 1. The summed E-state index contributed by atoms with van der Waals surface area (Å²) in [6, 6.07) is 13.9. The summed E-state index contributed by atoms with van der Waals surface area (Å²) in [5, 5.41) is 2.96. The Hall–Kier alpha value is -1.81. The summed E-state index contributed by atoms with van der Waals surface area (Å²) in [7, 11) is 0. The molecule has 0 saturated heterocycles. The van der Waals surface area contributed by atoms with Crippen LogP contribution in [0.2, 0.25) is 0 Å². The highest BCUT2D eigenvalue weighted by Crippen LogP contribution is 2.23. The minimum Gasteiger partial charge on any atom is -0.286 e. The van der Waals surface area contributed by atoms with Gasteiger partial charge in [0, 0.05) is 12.1 Å². The third-order valence-electron chi connectivity index (χ3n) is 3.34. The molecule has 1 aliphatic rings. The van der Waals surface area contributed by atoms with E-state index in [2.05, 4.69) is 11.9 Å². The molecule has 3 rings (SSSR count). The maximum absolute atomic E-state index is 12.8. The molecule has 1 aliphatic heterocycles. The van der Waals surface area contributed by atoms with Gasteiger partial charge in [0.1, 0.15) is 0 Å². The summed E-state index contributed by atoms with van der Waals surface area (Å²) in [6.45, 7) is 3.47. The number of amidine groups is 1. The van der Waals surface area contributed by atoms with Crippen molar-refractivity contribution in [2.45, 2.75) is 6.92 Å². The lowest BCUT2D eigenvalue weighted by Gasteiger charge is -2.18. The molecule has 20 heavy (non-hydrogen) atoms. The molecule has 0 N–H and O–H groups in total. The molecule has 0 aliphatic carbocycles. The molecular formula is C16H16N2OS. The van der Waals surface area contributed by atoms with Crippen molar-refractivity contribution in [3.05, 3.63) is 48.0 Å². The third-order valence-corrected chi connectivity index (χ3v) is 4.24. The van der Waals surface area contributed by atoms with Crippen molar-refractivity contribution in [2.75, 3.05) is 18.8 Å². The van der Waals surface area contributed by atoms with E-state index >= 15 is 0 Å². The molecule has 0 bridgehead atoms. The van der Waals surface area contributed by atoms with Crippen molar-refractivity contribution in [3.8, 4) is 0 Å². The summed E-state index contributed by atoms with van der Waals surface area (Å²) in [5.41, 5.74) is 0.759. The van der Waals surface area contributed by atoms with Crippen LogP contribution in [0.4, 0.5) is 0 Å². The maximum Gasteiger partial charge on any atom is 0.260 e. The maximum atomic E-state index is 12.8. The molecule has 0 fully saturated rings. The number of hydrogen-bond donors (Lipinski definition) is 0. The van der Waals surface area contributed by atoms with Crippen LogP contribution in [0.3, 0.4) is 0 Å². The van der Waals surface area contributed by atoms with Crippen molar-refractivity contribution in [3.63, 3.8) is 0 Å². The van der Waals surface area contributed by atoms with Crippen LogP contribution in [-0.4, -0.2) is 34.8 Å². The Morgan fingerprint density at radius 2 is 2.05 bits per heavy atom. The Balaban J connectivity index is 1.99. The number of nitrogens with zero attached hydrogens (tertiary/aromatic N) is 2. The van der Waals surface area contributed by atoms with E-state index in [1.807, 2.05) is 42.5 Å². The van der Waals surface area contributed by atoms with E-state index in [0.29, 0.717) is 13.1 Å². The molecule has 1 heterocycles. The van der Waals surface area contributed by atoms with Crippen molar-refractivity contribution in [1.82, 2.24) is 4.90 Å². The monoisotopic (exact) mass is 284 g/mol. The second-order valence-electron chi connectivity index (χ2n) is 4.58. The molecule has 1 amide bonds. The van der Waals surface area contributed by atoms with Gasteiger partial charge >= 0.3 is 0 Å². The van der Waals surface area contributed by atoms with Gasteiger partial charge in [-0.05, 0) is 22.6 Å². The lowest BCUT2D eigenvalue weighted by Crippen LogP contribution is -2.33. The van der Waals surface area contributed by atoms with Crippen LogP contribution in [0.25, 0.3) is 10.8 Å². The number of aliphatic imine (C=N–C) groups is 1. The van der Waals surface area contributed by atoms with Gasteiger partial charge in [-0.1, -0.05) is 55.1 Å². The summed E-state index contributed by atoms with van der Waals surface area (Å²) in [6.07, 6.45) is 0. The Morgan fingerprint density at radius 3 is 2.90 bits per heavy atom. The Morgan fingerprint density at radius 1 is 1.25 bits per heavy atom. The number of hydrogen-bond acceptors (Lipinski definition) is 3. The topological polar surface area (TPSA) is 32.7 Å². The zero-order chi connectivity index (χ0) is 13.9. The van der Waals surface area contributed by atoms with Gasteiger partial charge in [-0.15, -0.1) is 0 Å². The van der Waals surface area contributed by atoms with Crippen LogP contribution in [0.15, 0.2) is 47.5 Å². The molecule has 0 atom stereocenters. The Kier molecular flexibility index (Phi) is 3.74. The summed E-state index contributed by atoms with van der Waals surface area (Å²) in [4.78, 5) is 19.0. The lowest BCUT2D eigenvalue weighted by molar-refractivity contribution is 0.0862. The summed E-state index contributed by atoms with van der Waals surface area (Å²) < 4.78 is 0. The normalized spacial score (nSPS) is 14.7. The van der Waals surface area contributed by atoms with Crippen LogP contribution in [0.5, 0.6) is 0 Å². The van der Waals surface area contributed by atoms with Gasteiger partial charge in [0.15, 0.2) is 5.17 Å². The van der Waals surface area contributed by atoms with E-state index in [0.717, 1.165) is 27.3 Å². The van der Waals surface area contributed by atoms with Crippen LogP contribution < -0.4 is 0 Å². The van der Waals surface area contributed by atoms with Gasteiger partial charge in [-0.2, -0.15) is 0 Å². The molecule has 0 unspecified atom stereocenters. The number of carbonyl (C=O) groups excluding carboxylic acids is 1. The van der Waals surface area contributed by atoms with E-state index in [1.165, 1.54) is 0 Å². The first-order valence-corrected chi connectivity index (χ1v) is 7.76. The SMILES string of the molecule is CCSC1=NCCN1C(=O)c1cccc2ccccc12. The van der Waals surface area contributed by atoms with Crippen LogP contribution in [-0.2, 0) is 0 Å². The zero-order valence-electron chi connectivity index (χ0n) is 11.4. The standard InChI is InChI=1S/C16H16N2OS/c1-2-20-16-17-10-11-18(16)15(19)14-9-5-7-12-6-3-4-8-13(12)14/h3-9H,2,10-11H2,1H3. The molecule has 3 nitrogen and oxygen atoms in total. The first-order chi connectivity index (χ1) is 9.81. The van der Waals surface area contributed by atoms with E-state index in [4.69, 9.17) is 0 Å². The number of carbonyl (C=O) groups is 1. The molecule has 0 radical (unpaired) electrons. The quantitative estimate of drug-likeness (QED) is 0.846. The number of benzene rings is 2. The number of rotatable bonds is 2. The minimum absolute atomic E-state index is 0.0546. The highest BCUT2D eigenvalue weighted by atomic mass is 32.2. The smallest absolute Gasteiger partial charge is 0.260 e. The lowest BCUT2D eigenvalue weighted by atomic mass is 10.0. The summed E-state index contributed by atoms with van der Waals surface area (Å²) >= 11 is 1.63. The Labute approximate surface area is 122 Å². The molecule has 0 saturated carbocycles. The predicted octanol–water partition coefficient (Wildman–Crippen LogP) is 3.40. The van der Waals surface area contributed by atoms with Crippen molar-refractivity contribution in [2.24, 2.45) is 4.99 Å². The van der Waals surface area contributed by atoms with Crippen LogP contribution >= 0.6 is 11.8 Å². The average Bonchev–Trinajstić information content (AvgIpc) is 2.94. The van der Waals surface area contributed by atoms with Gasteiger partial charge in [-0.3, -0.25) is 14.7 Å². The average molecular weight is 284 g/mol. The van der Waals surface area contributed by atoms with Crippen molar-refractivity contribution < 1.29 is 4.79 Å². The van der Waals surface area contributed by atoms with Gasteiger partial charge in [0.2, 0.25) is 0 Å². The highest BCUT2D eigenvalue weighted by Gasteiger charge is 2.25. The molecule has 2 aromatic carbocycles.